The molecule has 1 amide bonds. The third-order valence-corrected chi connectivity index (χ3v) is 3.29. The SMILES string of the molecule is COc1cc(NC(=O)[C@@H](N)C(C)(C)C)ccc1Br. The highest BCUT2D eigenvalue weighted by Crippen LogP contribution is 2.28. The van der Waals surface area contributed by atoms with Crippen LogP contribution >= 0.6 is 15.9 Å². The summed E-state index contributed by atoms with van der Waals surface area (Å²) in [4.78, 5) is 12.0. The summed E-state index contributed by atoms with van der Waals surface area (Å²) in [5.74, 6) is 0.462. The maximum Gasteiger partial charge on any atom is 0.241 e. The molecule has 0 unspecified atom stereocenters. The highest BCUT2D eigenvalue weighted by atomic mass is 79.9. The summed E-state index contributed by atoms with van der Waals surface area (Å²) in [5.41, 5.74) is 6.28. The standard InChI is InChI=1S/C13H19BrN2O2/c1-13(2,3)11(15)12(17)16-8-5-6-9(14)10(7-8)18-4/h5-7,11H,15H2,1-4H3,(H,16,17)/t11-/m1/s1. The summed E-state index contributed by atoms with van der Waals surface area (Å²) in [7, 11) is 1.58. The van der Waals surface area contributed by atoms with Gasteiger partial charge in [-0.05, 0) is 33.5 Å². The lowest BCUT2D eigenvalue weighted by atomic mass is 9.87. The lowest BCUT2D eigenvalue weighted by Gasteiger charge is -2.25. The molecule has 0 bridgehead atoms. The van der Waals surface area contributed by atoms with E-state index in [9.17, 15) is 4.79 Å². The van der Waals surface area contributed by atoms with E-state index in [1.807, 2.05) is 26.8 Å². The fraction of sp³-hybridized carbons (Fsp3) is 0.462. The molecule has 18 heavy (non-hydrogen) atoms. The molecule has 3 N–H and O–H groups in total. The molecule has 0 aliphatic carbocycles. The third-order valence-electron chi connectivity index (χ3n) is 2.63. The van der Waals surface area contributed by atoms with Gasteiger partial charge in [-0.3, -0.25) is 4.79 Å². The molecular formula is C13H19BrN2O2. The van der Waals surface area contributed by atoms with E-state index < -0.39 is 6.04 Å². The molecule has 0 aliphatic heterocycles. The number of carbonyl (C=O) groups excluding carboxylic acids is 1. The van der Waals surface area contributed by atoms with Gasteiger partial charge in [0.15, 0.2) is 0 Å². The van der Waals surface area contributed by atoms with E-state index in [0.717, 1.165) is 4.47 Å². The first-order valence-electron chi connectivity index (χ1n) is 5.65. The van der Waals surface area contributed by atoms with E-state index in [1.165, 1.54) is 0 Å². The number of carbonyl (C=O) groups is 1. The van der Waals surface area contributed by atoms with Crippen molar-refractivity contribution in [1.29, 1.82) is 0 Å². The zero-order valence-electron chi connectivity index (χ0n) is 11.1. The number of hydrogen-bond donors (Lipinski definition) is 2. The van der Waals surface area contributed by atoms with E-state index in [1.54, 1.807) is 19.2 Å². The molecule has 1 aromatic carbocycles. The third kappa shape index (κ3) is 3.71. The quantitative estimate of drug-likeness (QED) is 0.901. The van der Waals surface area contributed by atoms with Gasteiger partial charge >= 0.3 is 0 Å². The summed E-state index contributed by atoms with van der Waals surface area (Å²) in [5, 5.41) is 2.79. The van der Waals surface area contributed by atoms with Crippen LogP contribution in [0.25, 0.3) is 0 Å². The van der Waals surface area contributed by atoms with Crippen LogP contribution in [-0.4, -0.2) is 19.1 Å². The van der Waals surface area contributed by atoms with Crippen molar-refractivity contribution in [2.24, 2.45) is 11.1 Å². The van der Waals surface area contributed by atoms with Gasteiger partial charge in [-0.25, -0.2) is 0 Å². The Balaban J connectivity index is 2.82. The fourth-order valence-corrected chi connectivity index (χ4v) is 1.76. The Morgan fingerprint density at radius 2 is 2.06 bits per heavy atom. The lowest BCUT2D eigenvalue weighted by Crippen LogP contribution is -2.45. The Labute approximate surface area is 116 Å². The molecule has 5 heteroatoms. The number of methoxy groups -OCH3 is 1. The molecule has 0 fully saturated rings. The van der Waals surface area contributed by atoms with Crippen molar-refractivity contribution in [2.45, 2.75) is 26.8 Å². The van der Waals surface area contributed by atoms with Crippen molar-refractivity contribution in [3.8, 4) is 5.75 Å². The van der Waals surface area contributed by atoms with Crippen molar-refractivity contribution in [3.63, 3.8) is 0 Å². The largest absolute Gasteiger partial charge is 0.495 e. The fourth-order valence-electron chi connectivity index (χ4n) is 1.35. The van der Waals surface area contributed by atoms with Crippen LogP contribution in [0.3, 0.4) is 0 Å². The number of benzene rings is 1. The first-order chi connectivity index (χ1) is 8.25. The zero-order valence-corrected chi connectivity index (χ0v) is 12.7. The van der Waals surface area contributed by atoms with Gasteiger partial charge in [0.2, 0.25) is 5.91 Å². The second kappa shape index (κ2) is 5.71. The Morgan fingerprint density at radius 3 is 2.56 bits per heavy atom. The molecule has 0 saturated carbocycles. The second-order valence-corrected chi connectivity index (χ2v) is 6.04. The monoisotopic (exact) mass is 314 g/mol. The van der Waals surface area contributed by atoms with Gasteiger partial charge < -0.3 is 15.8 Å². The van der Waals surface area contributed by atoms with Gasteiger partial charge in [0.25, 0.3) is 0 Å². The highest BCUT2D eigenvalue weighted by molar-refractivity contribution is 9.10. The highest BCUT2D eigenvalue weighted by Gasteiger charge is 2.27. The van der Waals surface area contributed by atoms with Gasteiger partial charge in [0.1, 0.15) is 5.75 Å². The minimum atomic E-state index is -0.563. The maximum atomic E-state index is 12.0. The van der Waals surface area contributed by atoms with E-state index in [0.29, 0.717) is 11.4 Å². The van der Waals surface area contributed by atoms with E-state index in [-0.39, 0.29) is 11.3 Å². The van der Waals surface area contributed by atoms with Crippen LogP contribution in [-0.2, 0) is 4.79 Å². The van der Waals surface area contributed by atoms with E-state index >= 15 is 0 Å². The van der Waals surface area contributed by atoms with Crippen LogP contribution in [0.1, 0.15) is 20.8 Å². The summed E-state index contributed by atoms with van der Waals surface area (Å²) in [6, 6.07) is 4.79. The van der Waals surface area contributed by atoms with Crippen molar-refractivity contribution in [3.05, 3.63) is 22.7 Å². The van der Waals surface area contributed by atoms with E-state index in [2.05, 4.69) is 21.2 Å². The van der Waals surface area contributed by atoms with Crippen molar-refractivity contribution < 1.29 is 9.53 Å². The molecule has 1 aromatic rings. The molecule has 0 saturated heterocycles. The number of rotatable bonds is 3. The van der Waals surface area contributed by atoms with Crippen LogP contribution in [0.4, 0.5) is 5.69 Å². The summed E-state index contributed by atoms with van der Waals surface area (Å²) in [6.07, 6.45) is 0. The van der Waals surface area contributed by atoms with Gasteiger partial charge in [0.05, 0.1) is 17.6 Å². The number of ether oxygens (including phenoxy) is 1. The number of hydrogen-bond acceptors (Lipinski definition) is 3. The first-order valence-corrected chi connectivity index (χ1v) is 6.45. The predicted molar refractivity (Wildman–Crippen MR) is 76.8 cm³/mol. The van der Waals surface area contributed by atoms with Gasteiger partial charge in [-0.15, -0.1) is 0 Å². The van der Waals surface area contributed by atoms with E-state index in [4.69, 9.17) is 10.5 Å². The second-order valence-electron chi connectivity index (χ2n) is 5.18. The van der Waals surface area contributed by atoms with Gasteiger partial charge in [-0.2, -0.15) is 0 Å². The van der Waals surface area contributed by atoms with Crippen LogP contribution in [0.2, 0.25) is 0 Å². The molecule has 1 rings (SSSR count). The molecule has 1 atom stereocenters. The lowest BCUT2D eigenvalue weighted by molar-refractivity contribution is -0.119. The van der Waals surface area contributed by atoms with Crippen LogP contribution in [0.5, 0.6) is 5.75 Å². The van der Waals surface area contributed by atoms with Gasteiger partial charge in [0, 0.05) is 11.8 Å². The Kier molecular flexibility index (Phi) is 4.76. The van der Waals surface area contributed by atoms with Crippen molar-refractivity contribution in [1.82, 2.24) is 0 Å². The Morgan fingerprint density at radius 1 is 1.44 bits per heavy atom. The molecule has 0 aromatic heterocycles. The molecule has 0 aliphatic rings. The van der Waals surface area contributed by atoms with Gasteiger partial charge in [-0.1, -0.05) is 20.8 Å². The van der Waals surface area contributed by atoms with Crippen LogP contribution in [0, 0.1) is 5.41 Å². The minimum absolute atomic E-state index is 0.202. The summed E-state index contributed by atoms with van der Waals surface area (Å²) < 4.78 is 6.00. The predicted octanol–water partition coefficient (Wildman–Crippen LogP) is 2.77. The maximum absolute atomic E-state index is 12.0. The van der Waals surface area contributed by atoms with Crippen LogP contribution < -0.4 is 15.8 Å². The average molecular weight is 315 g/mol. The summed E-state index contributed by atoms with van der Waals surface area (Å²) in [6.45, 7) is 5.79. The molecule has 0 radical (unpaired) electrons. The van der Waals surface area contributed by atoms with Crippen molar-refractivity contribution >= 4 is 27.5 Å². The molecule has 0 heterocycles. The average Bonchev–Trinajstić information content (AvgIpc) is 2.29. The Hall–Kier alpha value is -1.07. The zero-order chi connectivity index (χ0) is 13.9. The number of anilines is 1. The molecule has 4 nitrogen and oxygen atoms in total. The molecule has 100 valence electrons. The number of halogens is 1. The first kappa shape index (κ1) is 15.0. The minimum Gasteiger partial charge on any atom is -0.495 e. The number of nitrogens with one attached hydrogen (secondary N) is 1. The number of nitrogens with two attached hydrogens (primary N) is 1. The number of amides is 1. The molecular weight excluding hydrogens is 296 g/mol. The molecule has 0 spiro atoms. The van der Waals surface area contributed by atoms with Crippen LogP contribution in [0.15, 0.2) is 22.7 Å². The normalized spacial score (nSPS) is 13.0. The summed E-state index contributed by atoms with van der Waals surface area (Å²) >= 11 is 3.36. The van der Waals surface area contributed by atoms with Crippen molar-refractivity contribution in [2.75, 3.05) is 12.4 Å². The smallest absolute Gasteiger partial charge is 0.241 e. The topological polar surface area (TPSA) is 64.3 Å². The Bertz CT molecular complexity index is 441.